The summed E-state index contributed by atoms with van der Waals surface area (Å²) in [5, 5.41) is 13.5. The van der Waals surface area contributed by atoms with Crippen LogP contribution in [0.5, 0.6) is 0 Å². The molecule has 0 saturated carbocycles. The van der Waals surface area contributed by atoms with Crippen LogP contribution in [0.25, 0.3) is 0 Å². The zero-order valence-electron chi connectivity index (χ0n) is 14.9. The number of nitriles is 1. The van der Waals surface area contributed by atoms with Gasteiger partial charge in [-0.1, -0.05) is 20.8 Å². The number of hydrogen-bond acceptors (Lipinski definition) is 5. The molecule has 0 amide bonds. The molecule has 1 aliphatic rings. The molecular formula is C19H23N5O. The monoisotopic (exact) mass is 337 g/mol. The van der Waals surface area contributed by atoms with Crippen molar-refractivity contribution in [3.05, 3.63) is 52.1 Å². The third-order valence-corrected chi connectivity index (χ3v) is 4.57. The van der Waals surface area contributed by atoms with Crippen LogP contribution < -0.4 is 10.5 Å². The van der Waals surface area contributed by atoms with Gasteiger partial charge in [-0.05, 0) is 31.0 Å². The molecular weight excluding hydrogens is 314 g/mol. The lowest BCUT2D eigenvalue weighted by Gasteiger charge is -2.26. The number of pyridine rings is 1. The van der Waals surface area contributed by atoms with Crippen molar-refractivity contribution < 1.29 is 0 Å². The highest BCUT2D eigenvalue weighted by Gasteiger charge is 2.27. The van der Waals surface area contributed by atoms with E-state index in [4.69, 9.17) is 5.26 Å². The molecule has 25 heavy (non-hydrogen) atoms. The zero-order valence-corrected chi connectivity index (χ0v) is 14.9. The van der Waals surface area contributed by atoms with Crippen molar-refractivity contribution in [3.8, 4) is 6.07 Å². The van der Waals surface area contributed by atoms with Gasteiger partial charge in [0.1, 0.15) is 11.9 Å². The predicted molar refractivity (Wildman–Crippen MR) is 96.5 cm³/mol. The first kappa shape index (κ1) is 17.2. The number of anilines is 1. The van der Waals surface area contributed by atoms with Gasteiger partial charge in [0, 0.05) is 24.2 Å². The quantitative estimate of drug-likeness (QED) is 0.860. The third-order valence-electron chi connectivity index (χ3n) is 4.57. The van der Waals surface area contributed by atoms with Crippen molar-refractivity contribution in [1.82, 2.24) is 14.8 Å². The summed E-state index contributed by atoms with van der Waals surface area (Å²) in [4.78, 5) is 18.8. The number of rotatable bonds is 3. The van der Waals surface area contributed by atoms with Crippen molar-refractivity contribution in [2.45, 2.75) is 51.6 Å². The van der Waals surface area contributed by atoms with Gasteiger partial charge in [0.25, 0.3) is 5.56 Å². The van der Waals surface area contributed by atoms with Crippen LogP contribution >= 0.6 is 0 Å². The van der Waals surface area contributed by atoms with Crippen LogP contribution in [0.15, 0.2) is 35.3 Å². The Balaban J connectivity index is 1.84. The fourth-order valence-corrected chi connectivity index (χ4v) is 3.13. The minimum Gasteiger partial charge on any atom is -0.352 e. The molecule has 130 valence electrons. The van der Waals surface area contributed by atoms with Crippen molar-refractivity contribution in [1.29, 1.82) is 5.26 Å². The topological polar surface area (TPSA) is 74.8 Å². The molecule has 0 radical (unpaired) electrons. The molecule has 3 rings (SSSR count). The Kier molecular flexibility index (Phi) is 4.58. The fourth-order valence-electron chi connectivity index (χ4n) is 3.13. The Morgan fingerprint density at radius 3 is 2.72 bits per heavy atom. The van der Waals surface area contributed by atoms with Gasteiger partial charge >= 0.3 is 0 Å². The highest BCUT2D eigenvalue weighted by molar-refractivity contribution is 5.43. The van der Waals surface area contributed by atoms with Crippen LogP contribution in [0.1, 0.15) is 44.9 Å². The molecule has 1 fully saturated rings. The smallest absolute Gasteiger partial charge is 0.266 e. The first-order valence-corrected chi connectivity index (χ1v) is 8.60. The van der Waals surface area contributed by atoms with Gasteiger partial charge in [0.05, 0.1) is 23.8 Å². The van der Waals surface area contributed by atoms with Crippen molar-refractivity contribution >= 4 is 5.82 Å². The normalized spacial score (nSPS) is 17.5. The minimum absolute atomic E-state index is 0.0763. The SMILES string of the molecule is CC(C)(C)c1ccc(=O)n(CC2CCCN2c2ccc(C#N)cn2)n1. The van der Waals surface area contributed by atoms with E-state index in [9.17, 15) is 4.79 Å². The van der Waals surface area contributed by atoms with E-state index >= 15 is 0 Å². The molecule has 6 heteroatoms. The summed E-state index contributed by atoms with van der Waals surface area (Å²) in [5.74, 6) is 0.849. The van der Waals surface area contributed by atoms with E-state index in [1.165, 1.54) is 0 Å². The second-order valence-corrected chi connectivity index (χ2v) is 7.50. The summed E-state index contributed by atoms with van der Waals surface area (Å²) in [6, 6.07) is 9.34. The maximum atomic E-state index is 12.2. The lowest BCUT2D eigenvalue weighted by Crippen LogP contribution is -2.38. The van der Waals surface area contributed by atoms with Crippen LogP contribution in [-0.4, -0.2) is 27.4 Å². The van der Waals surface area contributed by atoms with Gasteiger partial charge in [-0.3, -0.25) is 4.79 Å². The molecule has 0 aliphatic carbocycles. The summed E-state index contributed by atoms with van der Waals surface area (Å²) < 4.78 is 1.58. The lowest BCUT2D eigenvalue weighted by molar-refractivity contribution is 0.456. The molecule has 0 N–H and O–H groups in total. The standard InChI is InChI=1S/C19H23N5O/c1-19(2,3)16-7-9-18(25)24(22-16)13-15-5-4-10-23(15)17-8-6-14(11-20)12-21-17/h6-9,12,15H,4-5,10,13H2,1-3H3. The summed E-state index contributed by atoms with van der Waals surface area (Å²) in [5.41, 5.74) is 1.29. The molecule has 2 aromatic rings. The van der Waals surface area contributed by atoms with Crippen LogP contribution in [0.3, 0.4) is 0 Å². The molecule has 0 spiro atoms. The highest BCUT2D eigenvalue weighted by Crippen LogP contribution is 2.25. The van der Waals surface area contributed by atoms with Crippen LogP contribution in [0.2, 0.25) is 0 Å². The maximum Gasteiger partial charge on any atom is 0.266 e. The summed E-state index contributed by atoms with van der Waals surface area (Å²) in [7, 11) is 0. The fraction of sp³-hybridized carbons (Fsp3) is 0.474. The molecule has 1 atom stereocenters. The average molecular weight is 337 g/mol. The third kappa shape index (κ3) is 3.71. The number of hydrogen-bond donors (Lipinski definition) is 0. The van der Waals surface area contributed by atoms with Gasteiger partial charge in [0.2, 0.25) is 0 Å². The van der Waals surface area contributed by atoms with E-state index in [1.807, 2.05) is 12.1 Å². The Hall–Kier alpha value is -2.68. The van der Waals surface area contributed by atoms with Crippen molar-refractivity contribution in [2.75, 3.05) is 11.4 Å². The molecule has 0 bridgehead atoms. The van der Waals surface area contributed by atoms with Crippen LogP contribution in [0.4, 0.5) is 5.82 Å². The molecule has 0 aromatic carbocycles. The van der Waals surface area contributed by atoms with E-state index in [2.05, 4.69) is 41.8 Å². The minimum atomic E-state index is -0.0977. The van der Waals surface area contributed by atoms with Crippen LogP contribution in [0, 0.1) is 11.3 Å². The molecule has 2 aromatic heterocycles. The second kappa shape index (κ2) is 6.67. The average Bonchev–Trinajstić information content (AvgIpc) is 3.04. The summed E-state index contributed by atoms with van der Waals surface area (Å²) in [6.07, 6.45) is 3.64. The van der Waals surface area contributed by atoms with Gasteiger partial charge < -0.3 is 4.90 Å². The Bertz CT molecular complexity index is 842. The molecule has 1 saturated heterocycles. The zero-order chi connectivity index (χ0) is 18.0. The van der Waals surface area contributed by atoms with E-state index in [0.29, 0.717) is 12.1 Å². The highest BCUT2D eigenvalue weighted by atomic mass is 16.1. The predicted octanol–water partition coefficient (Wildman–Crippen LogP) is 2.48. The van der Waals surface area contributed by atoms with E-state index in [0.717, 1.165) is 30.9 Å². The largest absolute Gasteiger partial charge is 0.352 e. The van der Waals surface area contributed by atoms with Crippen molar-refractivity contribution in [2.24, 2.45) is 0 Å². The Morgan fingerprint density at radius 2 is 2.08 bits per heavy atom. The van der Waals surface area contributed by atoms with Gasteiger partial charge in [-0.15, -0.1) is 0 Å². The second-order valence-electron chi connectivity index (χ2n) is 7.50. The number of aromatic nitrogens is 3. The van der Waals surface area contributed by atoms with E-state index < -0.39 is 0 Å². The Labute approximate surface area is 147 Å². The molecule has 3 heterocycles. The molecule has 1 unspecified atom stereocenters. The lowest BCUT2D eigenvalue weighted by atomic mass is 9.92. The van der Waals surface area contributed by atoms with Gasteiger partial charge in [-0.2, -0.15) is 10.4 Å². The van der Waals surface area contributed by atoms with Gasteiger partial charge in [-0.25, -0.2) is 9.67 Å². The van der Waals surface area contributed by atoms with Crippen molar-refractivity contribution in [3.63, 3.8) is 0 Å². The summed E-state index contributed by atoms with van der Waals surface area (Å²) >= 11 is 0. The first-order chi connectivity index (χ1) is 11.9. The van der Waals surface area contributed by atoms with E-state index in [1.54, 1.807) is 23.0 Å². The molecule has 6 nitrogen and oxygen atoms in total. The van der Waals surface area contributed by atoms with Gasteiger partial charge in [0.15, 0.2) is 0 Å². The van der Waals surface area contributed by atoms with Crippen LogP contribution in [-0.2, 0) is 12.0 Å². The van der Waals surface area contributed by atoms with E-state index in [-0.39, 0.29) is 17.0 Å². The Morgan fingerprint density at radius 1 is 1.28 bits per heavy atom. The first-order valence-electron chi connectivity index (χ1n) is 8.60. The maximum absolute atomic E-state index is 12.2. The summed E-state index contributed by atoms with van der Waals surface area (Å²) in [6.45, 7) is 7.72. The number of nitrogens with zero attached hydrogens (tertiary/aromatic N) is 5. The molecule has 1 aliphatic heterocycles.